The summed E-state index contributed by atoms with van der Waals surface area (Å²) in [6, 6.07) is 0. The molecule has 1 rings (SSSR count). The standard InChI is InChI=1S/C18H32S4/c1-5-7-9-11-13-15-16(14-12-10-8-6-2)22-18(21-15)17(19-3)20-4/h5-14H2,1-4H3. The topological polar surface area (TPSA) is 0 Å². The Bertz CT molecular complexity index is 339. The summed E-state index contributed by atoms with van der Waals surface area (Å²) in [5, 5.41) is 0. The normalized spacial score (nSPS) is 15.0. The van der Waals surface area contributed by atoms with Crippen molar-refractivity contribution < 1.29 is 0 Å². The lowest BCUT2D eigenvalue weighted by Crippen LogP contribution is -1.84. The minimum Gasteiger partial charge on any atom is -0.121 e. The van der Waals surface area contributed by atoms with Gasteiger partial charge < -0.3 is 0 Å². The molecule has 0 aliphatic carbocycles. The first kappa shape index (κ1) is 20.9. The van der Waals surface area contributed by atoms with E-state index >= 15 is 0 Å². The van der Waals surface area contributed by atoms with Crippen LogP contribution in [-0.2, 0) is 0 Å². The first-order valence-electron chi connectivity index (χ1n) is 8.66. The Morgan fingerprint density at radius 2 is 1.18 bits per heavy atom. The van der Waals surface area contributed by atoms with Crippen molar-refractivity contribution >= 4 is 47.0 Å². The van der Waals surface area contributed by atoms with Crippen LogP contribution >= 0.6 is 47.0 Å². The SMILES string of the molecule is CCCCCCC1=C(CCCCCC)SC(=C(SC)SC)S1. The molecule has 0 aromatic rings. The number of hydrogen-bond acceptors (Lipinski definition) is 4. The lowest BCUT2D eigenvalue weighted by Gasteiger charge is -2.05. The van der Waals surface area contributed by atoms with Crippen molar-refractivity contribution in [3.05, 3.63) is 18.3 Å². The van der Waals surface area contributed by atoms with Gasteiger partial charge in [-0.25, -0.2) is 0 Å². The van der Waals surface area contributed by atoms with Crippen molar-refractivity contribution in [1.29, 1.82) is 0 Å². The maximum Gasteiger partial charge on any atom is 0.0692 e. The minimum atomic E-state index is 1.31. The number of allylic oxidation sites excluding steroid dienone is 2. The van der Waals surface area contributed by atoms with Gasteiger partial charge in [-0.2, -0.15) is 0 Å². The van der Waals surface area contributed by atoms with E-state index in [9.17, 15) is 0 Å². The highest BCUT2D eigenvalue weighted by atomic mass is 32.2. The molecule has 0 spiro atoms. The molecule has 0 amide bonds. The van der Waals surface area contributed by atoms with E-state index in [4.69, 9.17) is 0 Å². The van der Waals surface area contributed by atoms with Crippen molar-refractivity contribution in [3.63, 3.8) is 0 Å². The highest BCUT2D eigenvalue weighted by Gasteiger charge is 2.22. The first-order valence-corrected chi connectivity index (χ1v) is 12.7. The van der Waals surface area contributed by atoms with Gasteiger partial charge in [0, 0.05) is 9.81 Å². The van der Waals surface area contributed by atoms with Crippen LogP contribution in [0, 0.1) is 0 Å². The molecule has 0 N–H and O–H groups in total. The fraction of sp³-hybridized carbons (Fsp3) is 0.778. The molecule has 0 aromatic carbocycles. The summed E-state index contributed by atoms with van der Waals surface area (Å²) in [5.41, 5.74) is 0. The highest BCUT2D eigenvalue weighted by Crippen LogP contribution is 2.56. The predicted molar refractivity (Wildman–Crippen MR) is 114 cm³/mol. The zero-order valence-electron chi connectivity index (χ0n) is 14.7. The highest BCUT2D eigenvalue weighted by molar-refractivity contribution is 8.31. The Balaban J connectivity index is 2.60. The van der Waals surface area contributed by atoms with E-state index in [-0.39, 0.29) is 0 Å². The smallest absolute Gasteiger partial charge is 0.0692 e. The molecule has 0 unspecified atom stereocenters. The first-order chi connectivity index (χ1) is 10.8. The van der Waals surface area contributed by atoms with Gasteiger partial charge in [-0.15, -0.1) is 23.5 Å². The second-order valence-electron chi connectivity index (χ2n) is 5.65. The fourth-order valence-electron chi connectivity index (χ4n) is 2.50. The van der Waals surface area contributed by atoms with Crippen molar-refractivity contribution in [3.8, 4) is 0 Å². The third kappa shape index (κ3) is 7.63. The van der Waals surface area contributed by atoms with Crippen LogP contribution < -0.4 is 0 Å². The summed E-state index contributed by atoms with van der Waals surface area (Å²) >= 11 is 7.98. The van der Waals surface area contributed by atoms with Gasteiger partial charge in [-0.1, -0.05) is 75.9 Å². The summed E-state index contributed by atoms with van der Waals surface area (Å²) in [6.45, 7) is 4.59. The average molecular weight is 377 g/mol. The zero-order valence-corrected chi connectivity index (χ0v) is 18.0. The van der Waals surface area contributed by atoms with Crippen LogP contribution in [0.4, 0.5) is 0 Å². The molecule has 0 aromatic heterocycles. The van der Waals surface area contributed by atoms with E-state index in [1.807, 2.05) is 23.5 Å². The lowest BCUT2D eigenvalue weighted by atomic mass is 10.1. The third-order valence-corrected chi connectivity index (χ3v) is 9.26. The summed E-state index contributed by atoms with van der Waals surface area (Å²) in [4.78, 5) is 3.38. The van der Waals surface area contributed by atoms with Gasteiger partial charge in [0.25, 0.3) is 0 Å². The van der Waals surface area contributed by atoms with Gasteiger partial charge in [0.1, 0.15) is 0 Å². The second-order valence-corrected chi connectivity index (χ2v) is 10.0. The summed E-state index contributed by atoms with van der Waals surface area (Å²) < 4.78 is 3.06. The van der Waals surface area contributed by atoms with E-state index in [2.05, 4.69) is 49.9 Å². The average Bonchev–Trinajstić information content (AvgIpc) is 2.92. The van der Waals surface area contributed by atoms with Crippen LogP contribution in [0.2, 0.25) is 0 Å². The number of hydrogen-bond donors (Lipinski definition) is 0. The molecule has 0 atom stereocenters. The Labute approximate surface area is 155 Å². The van der Waals surface area contributed by atoms with Gasteiger partial charge in [-0.05, 0) is 38.2 Å². The van der Waals surface area contributed by atoms with Crippen LogP contribution in [0.1, 0.15) is 78.1 Å². The summed E-state index contributed by atoms with van der Waals surface area (Å²) in [6.07, 6.45) is 18.0. The maximum absolute atomic E-state index is 2.29. The molecular weight excluding hydrogens is 344 g/mol. The molecule has 128 valence electrons. The predicted octanol–water partition coefficient (Wildman–Crippen LogP) is 8.47. The molecule has 1 aliphatic heterocycles. The Morgan fingerprint density at radius 3 is 1.55 bits per heavy atom. The number of unbranched alkanes of at least 4 members (excludes halogenated alkanes) is 6. The fourth-order valence-corrected chi connectivity index (χ4v) is 7.56. The van der Waals surface area contributed by atoms with E-state index in [0.29, 0.717) is 0 Å². The maximum atomic E-state index is 2.29. The molecule has 0 saturated carbocycles. The molecule has 0 fully saturated rings. The number of thioether (sulfide) groups is 4. The van der Waals surface area contributed by atoms with E-state index < -0.39 is 0 Å². The van der Waals surface area contributed by atoms with Crippen molar-refractivity contribution in [2.75, 3.05) is 12.5 Å². The van der Waals surface area contributed by atoms with Crippen molar-refractivity contribution in [2.45, 2.75) is 78.1 Å². The third-order valence-electron chi connectivity index (χ3n) is 3.80. The molecule has 4 heteroatoms. The van der Waals surface area contributed by atoms with Gasteiger partial charge in [-0.3, -0.25) is 0 Å². The lowest BCUT2D eigenvalue weighted by molar-refractivity contribution is 0.661. The molecule has 0 nitrogen and oxygen atoms in total. The zero-order chi connectivity index (χ0) is 16.2. The molecule has 0 saturated heterocycles. The van der Waals surface area contributed by atoms with E-state index in [1.165, 1.54) is 68.4 Å². The van der Waals surface area contributed by atoms with Crippen LogP contribution in [0.3, 0.4) is 0 Å². The van der Waals surface area contributed by atoms with Crippen LogP contribution in [0.5, 0.6) is 0 Å². The van der Waals surface area contributed by atoms with Gasteiger partial charge in [0.2, 0.25) is 0 Å². The van der Waals surface area contributed by atoms with Gasteiger partial charge in [0.15, 0.2) is 0 Å². The Kier molecular flexibility index (Phi) is 12.6. The Hall–Kier alpha value is 0.880. The monoisotopic (exact) mass is 376 g/mol. The van der Waals surface area contributed by atoms with Crippen LogP contribution in [-0.4, -0.2) is 12.5 Å². The largest absolute Gasteiger partial charge is 0.121 e. The van der Waals surface area contributed by atoms with Crippen molar-refractivity contribution in [1.82, 2.24) is 0 Å². The van der Waals surface area contributed by atoms with Gasteiger partial charge in [0.05, 0.1) is 8.47 Å². The van der Waals surface area contributed by atoms with E-state index in [1.54, 1.807) is 14.0 Å². The molecule has 0 radical (unpaired) electrons. The minimum absolute atomic E-state index is 1.31. The van der Waals surface area contributed by atoms with Crippen LogP contribution in [0.15, 0.2) is 18.3 Å². The van der Waals surface area contributed by atoms with E-state index in [0.717, 1.165) is 0 Å². The molecule has 1 heterocycles. The van der Waals surface area contributed by atoms with Gasteiger partial charge >= 0.3 is 0 Å². The molecule has 1 aliphatic rings. The second kappa shape index (κ2) is 13.2. The van der Waals surface area contributed by atoms with Crippen LogP contribution in [0.25, 0.3) is 0 Å². The Morgan fingerprint density at radius 1 is 0.727 bits per heavy atom. The van der Waals surface area contributed by atoms with Crippen molar-refractivity contribution in [2.24, 2.45) is 0 Å². The summed E-state index contributed by atoms with van der Waals surface area (Å²) in [7, 11) is 0. The molecule has 0 bridgehead atoms. The summed E-state index contributed by atoms with van der Waals surface area (Å²) in [5.74, 6) is 0. The molecular formula is C18H32S4. The quantitative estimate of drug-likeness (QED) is 0.313. The number of rotatable bonds is 12. The molecule has 22 heavy (non-hydrogen) atoms.